The first-order valence-electron chi connectivity index (χ1n) is 7.84. The van der Waals surface area contributed by atoms with Crippen LogP contribution >= 0.6 is 0 Å². The molecule has 0 spiro atoms. The summed E-state index contributed by atoms with van der Waals surface area (Å²) < 4.78 is 0. The molecule has 0 amide bonds. The van der Waals surface area contributed by atoms with Gasteiger partial charge in [0.1, 0.15) is 0 Å². The maximum atomic E-state index is 12.5. The van der Waals surface area contributed by atoms with Crippen molar-refractivity contribution < 1.29 is 4.79 Å². The van der Waals surface area contributed by atoms with Crippen LogP contribution in [0.4, 0.5) is 0 Å². The van der Waals surface area contributed by atoms with Crippen LogP contribution < -0.4 is 0 Å². The van der Waals surface area contributed by atoms with E-state index in [9.17, 15) is 4.79 Å². The lowest BCUT2D eigenvalue weighted by Crippen LogP contribution is -2.28. The van der Waals surface area contributed by atoms with Crippen molar-refractivity contribution in [3.63, 3.8) is 0 Å². The van der Waals surface area contributed by atoms with Crippen molar-refractivity contribution in [1.29, 1.82) is 0 Å². The molecule has 1 aliphatic rings. The first kappa shape index (κ1) is 15.2. The van der Waals surface area contributed by atoms with Crippen molar-refractivity contribution >= 4 is 5.78 Å². The summed E-state index contributed by atoms with van der Waals surface area (Å²) in [4.78, 5) is 14.8. The smallest absolute Gasteiger partial charge is 0.177 e. The highest BCUT2D eigenvalue weighted by molar-refractivity contribution is 5.99. The molecule has 110 valence electrons. The summed E-state index contributed by atoms with van der Waals surface area (Å²) in [5, 5.41) is 0. The summed E-state index contributed by atoms with van der Waals surface area (Å²) in [5.74, 6) is 1.08. The number of ketones is 1. The first-order valence-corrected chi connectivity index (χ1v) is 7.84. The molecule has 1 aromatic carbocycles. The van der Waals surface area contributed by atoms with Crippen LogP contribution in [0.15, 0.2) is 12.1 Å². The Morgan fingerprint density at radius 3 is 2.60 bits per heavy atom. The van der Waals surface area contributed by atoms with Gasteiger partial charge in [-0.05, 0) is 68.8 Å². The van der Waals surface area contributed by atoms with Crippen LogP contribution in [0, 0.1) is 26.7 Å². The van der Waals surface area contributed by atoms with Crippen molar-refractivity contribution in [3.05, 3.63) is 34.4 Å². The lowest BCUT2D eigenvalue weighted by Gasteiger charge is -2.16. The fourth-order valence-corrected chi connectivity index (χ4v) is 3.25. The quantitative estimate of drug-likeness (QED) is 0.758. The highest BCUT2D eigenvalue weighted by Gasteiger charge is 2.24. The summed E-state index contributed by atoms with van der Waals surface area (Å²) in [6.07, 6.45) is 3.81. The third kappa shape index (κ3) is 3.49. The number of carbonyl (C=O) groups is 1. The molecule has 1 heterocycles. The summed E-state index contributed by atoms with van der Waals surface area (Å²) in [7, 11) is 0. The molecule has 2 nitrogen and oxygen atoms in total. The third-order valence-electron chi connectivity index (χ3n) is 4.58. The molecular weight excluding hydrogens is 246 g/mol. The highest BCUT2D eigenvalue weighted by atomic mass is 16.1. The molecule has 1 unspecified atom stereocenters. The zero-order valence-electron chi connectivity index (χ0n) is 13.3. The summed E-state index contributed by atoms with van der Waals surface area (Å²) >= 11 is 0. The van der Waals surface area contributed by atoms with Crippen molar-refractivity contribution in [3.8, 4) is 0 Å². The van der Waals surface area contributed by atoms with Crippen molar-refractivity contribution in [2.75, 3.05) is 19.6 Å². The third-order valence-corrected chi connectivity index (χ3v) is 4.58. The van der Waals surface area contributed by atoms with E-state index in [0.717, 1.165) is 30.1 Å². The molecule has 1 aliphatic heterocycles. The van der Waals surface area contributed by atoms with Crippen LogP contribution in [0.5, 0.6) is 0 Å². The number of aryl methyl sites for hydroxylation is 3. The molecule has 0 radical (unpaired) electrons. The second kappa shape index (κ2) is 6.53. The number of rotatable bonds is 5. The van der Waals surface area contributed by atoms with Gasteiger partial charge in [0.05, 0.1) is 6.54 Å². The minimum Gasteiger partial charge on any atom is -0.296 e. The van der Waals surface area contributed by atoms with Gasteiger partial charge in [-0.1, -0.05) is 19.4 Å². The molecule has 20 heavy (non-hydrogen) atoms. The van der Waals surface area contributed by atoms with Crippen LogP contribution in [0.25, 0.3) is 0 Å². The van der Waals surface area contributed by atoms with Gasteiger partial charge in [-0.2, -0.15) is 0 Å². The topological polar surface area (TPSA) is 20.3 Å². The van der Waals surface area contributed by atoms with E-state index >= 15 is 0 Å². The molecule has 2 heteroatoms. The van der Waals surface area contributed by atoms with Gasteiger partial charge in [0.2, 0.25) is 0 Å². The second-order valence-corrected chi connectivity index (χ2v) is 6.35. The van der Waals surface area contributed by atoms with Crippen LogP contribution in [0.3, 0.4) is 0 Å². The fourth-order valence-electron chi connectivity index (χ4n) is 3.25. The van der Waals surface area contributed by atoms with E-state index in [1.54, 1.807) is 0 Å². The van der Waals surface area contributed by atoms with E-state index in [2.05, 4.69) is 37.8 Å². The average molecular weight is 273 g/mol. The standard InChI is InChI=1S/C18H27NO/c1-5-6-16-7-8-19(11-16)12-18(20)17-10-14(3)13(2)9-15(17)4/h9-10,16H,5-8,11-12H2,1-4H3. The molecule has 1 fully saturated rings. The van der Waals surface area contributed by atoms with Gasteiger partial charge in [-0.3, -0.25) is 9.69 Å². The number of hydrogen-bond acceptors (Lipinski definition) is 2. The largest absolute Gasteiger partial charge is 0.296 e. The zero-order valence-corrected chi connectivity index (χ0v) is 13.3. The Balaban J connectivity index is 2.01. The normalized spacial score (nSPS) is 19.5. The molecule has 0 bridgehead atoms. The maximum absolute atomic E-state index is 12.5. The number of Topliss-reactive ketones (excluding diaryl/α,β-unsaturated/α-hetero) is 1. The minimum absolute atomic E-state index is 0.280. The number of benzene rings is 1. The Morgan fingerprint density at radius 2 is 1.90 bits per heavy atom. The van der Waals surface area contributed by atoms with E-state index < -0.39 is 0 Å². The van der Waals surface area contributed by atoms with Gasteiger partial charge in [0.15, 0.2) is 5.78 Å². The Bertz CT molecular complexity index is 492. The van der Waals surface area contributed by atoms with E-state index in [1.165, 1.54) is 30.4 Å². The molecule has 0 saturated carbocycles. The van der Waals surface area contributed by atoms with Gasteiger partial charge in [0.25, 0.3) is 0 Å². The SMILES string of the molecule is CCCC1CCN(CC(=O)c2cc(C)c(C)cc2C)C1. The first-order chi connectivity index (χ1) is 9.51. The van der Waals surface area contributed by atoms with E-state index in [1.807, 2.05) is 6.92 Å². The second-order valence-electron chi connectivity index (χ2n) is 6.35. The molecule has 1 aromatic rings. The molecule has 0 aliphatic carbocycles. The molecular formula is C18H27NO. The van der Waals surface area contributed by atoms with Crippen LogP contribution in [0.1, 0.15) is 53.2 Å². The lowest BCUT2D eigenvalue weighted by atomic mass is 9.98. The number of likely N-dealkylation sites (tertiary alicyclic amines) is 1. The monoisotopic (exact) mass is 273 g/mol. The van der Waals surface area contributed by atoms with Crippen molar-refractivity contribution in [1.82, 2.24) is 4.90 Å². The number of nitrogens with zero attached hydrogens (tertiary/aromatic N) is 1. The molecule has 0 N–H and O–H groups in total. The van der Waals surface area contributed by atoms with Crippen LogP contribution in [-0.2, 0) is 0 Å². The summed E-state index contributed by atoms with van der Waals surface area (Å²) in [6, 6.07) is 4.19. The van der Waals surface area contributed by atoms with Crippen molar-refractivity contribution in [2.24, 2.45) is 5.92 Å². The van der Waals surface area contributed by atoms with E-state index in [-0.39, 0.29) is 5.78 Å². The predicted octanol–water partition coefficient (Wildman–Crippen LogP) is 3.92. The Labute approximate surface area is 123 Å². The van der Waals surface area contributed by atoms with Gasteiger partial charge < -0.3 is 0 Å². The van der Waals surface area contributed by atoms with Gasteiger partial charge in [-0.15, -0.1) is 0 Å². The predicted molar refractivity (Wildman–Crippen MR) is 84.4 cm³/mol. The minimum atomic E-state index is 0.280. The van der Waals surface area contributed by atoms with E-state index in [0.29, 0.717) is 6.54 Å². The highest BCUT2D eigenvalue weighted by Crippen LogP contribution is 2.22. The number of hydrogen-bond donors (Lipinski definition) is 0. The molecule has 1 atom stereocenters. The zero-order chi connectivity index (χ0) is 14.7. The molecule has 2 rings (SSSR count). The van der Waals surface area contributed by atoms with Crippen LogP contribution in [-0.4, -0.2) is 30.3 Å². The average Bonchev–Trinajstić information content (AvgIpc) is 2.81. The summed E-state index contributed by atoms with van der Waals surface area (Å²) in [5.41, 5.74) is 4.50. The Kier molecular flexibility index (Phi) is 4.98. The maximum Gasteiger partial charge on any atom is 0.177 e. The number of carbonyl (C=O) groups excluding carboxylic acids is 1. The fraction of sp³-hybridized carbons (Fsp3) is 0.611. The Morgan fingerprint density at radius 1 is 1.20 bits per heavy atom. The van der Waals surface area contributed by atoms with Crippen LogP contribution in [0.2, 0.25) is 0 Å². The van der Waals surface area contributed by atoms with Crippen molar-refractivity contribution in [2.45, 2.75) is 47.0 Å². The lowest BCUT2D eigenvalue weighted by molar-refractivity contribution is 0.0942. The van der Waals surface area contributed by atoms with Gasteiger partial charge >= 0.3 is 0 Å². The Hall–Kier alpha value is -1.15. The summed E-state index contributed by atoms with van der Waals surface area (Å²) in [6.45, 7) is 11.2. The molecule has 1 saturated heterocycles. The van der Waals surface area contributed by atoms with Gasteiger partial charge in [-0.25, -0.2) is 0 Å². The molecule has 0 aromatic heterocycles. The van der Waals surface area contributed by atoms with E-state index in [4.69, 9.17) is 0 Å². The van der Waals surface area contributed by atoms with Gasteiger partial charge in [0, 0.05) is 12.1 Å².